The van der Waals surface area contributed by atoms with Gasteiger partial charge in [0.05, 0.1) is 22.2 Å². The highest BCUT2D eigenvalue weighted by atomic mass is 79.9. The lowest BCUT2D eigenvalue weighted by Gasteiger charge is -2.16. The number of hydrazine groups is 2. The van der Waals surface area contributed by atoms with Crippen LogP contribution in [0, 0.1) is 0 Å². The van der Waals surface area contributed by atoms with Crippen LogP contribution in [0.25, 0.3) is 0 Å². The summed E-state index contributed by atoms with van der Waals surface area (Å²) in [4.78, 5) is 0. The van der Waals surface area contributed by atoms with E-state index in [2.05, 4.69) is 61.4 Å². The van der Waals surface area contributed by atoms with E-state index in [1.165, 1.54) is 11.1 Å². The van der Waals surface area contributed by atoms with E-state index >= 15 is 0 Å². The fourth-order valence-corrected chi connectivity index (χ4v) is 5.62. The fourth-order valence-electron chi connectivity index (χ4n) is 4.54. The topological polar surface area (TPSA) is 167 Å². The van der Waals surface area contributed by atoms with Crippen molar-refractivity contribution in [3.63, 3.8) is 0 Å². The van der Waals surface area contributed by atoms with Gasteiger partial charge in [0.15, 0.2) is 0 Å². The zero-order chi connectivity index (χ0) is 32.9. The van der Waals surface area contributed by atoms with Crippen LogP contribution in [0.15, 0.2) is 69.1 Å². The highest BCUT2D eigenvalue weighted by molar-refractivity contribution is 9.10. The van der Waals surface area contributed by atoms with Crippen LogP contribution < -0.4 is 43.7 Å². The Hall–Kier alpha value is -2.48. The van der Waals surface area contributed by atoms with Crippen LogP contribution in [0.5, 0.6) is 11.5 Å². The van der Waals surface area contributed by atoms with Gasteiger partial charge in [0.2, 0.25) is 0 Å². The number of hydrogen-bond acceptors (Lipinski definition) is 10. The molecule has 11 N–H and O–H groups in total. The van der Waals surface area contributed by atoms with Crippen LogP contribution in [-0.4, -0.2) is 56.5 Å². The molecular weight excluding hydrogens is 700 g/mol. The van der Waals surface area contributed by atoms with Crippen molar-refractivity contribution in [1.82, 2.24) is 15.3 Å². The first-order valence-electron chi connectivity index (χ1n) is 15.8. The summed E-state index contributed by atoms with van der Waals surface area (Å²) in [5.41, 5.74) is 21.9. The summed E-state index contributed by atoms with van der Waals surface area (Å²) in [6.45, 7) is 4.18. The number of ether oxygens (including phenoxy) is 2. The molecule has 10 nitrogen and oxygen atoms in total. The normalized spacial score (nSPS) is 12.0. The van der Waals surface area contributed by atoms with Gasteiger partial charge in [-0.15, -0.1) is 0 Å². The van der Waals surface area contributed by atoms with Gasteiger partial charge in [-0.2, -0.15) is 0 Å². The molecule has 2 rings (SSSR count). The van der Waals surface area contributed by atoms with Crippen molar-refractivity contribution in [3.8, 4) is 11.5 Å². The second kappa shape index (κ2) is 22.9. The molecule has 0 saturated heterocycles. The van der Waals surface area contributed by atoms with Gasteiger partial charge in [0, 0.05) is 36.9 Å². The van der Waals surface area contributed by atoms with Crippen molar-refractivity contribution < 1.29 is 9.47 Å². The molecule has 2 aromatic carbocycles. The SMILES string of the molecule is CNCCCOc1ccc(CCN(N)/C=C(\N)CCCCCC/C(N)=C/N(N)CCc2ccc(OCCCN)c(Br)c2)cc1Br. The summed E-state index contributed by atoms with van der Waals surface area (Å²) < 4.78 is 13.4. The zero-order valence-corrected chi connectivity index (χ0v) is 30.0. The Labute approximate surface area is 286 Å². The summed E-state index contributed by atoms with van der Waals surface area (Å²) in [6.07, 6.45) is 12.9. The third-order valence-electron chi connectivity index (χ3n) is 7.09. The number of nitrogens with zero attached hydrogens (tertiary/aromatic N) is 2. The monoisotopic (exact) mass is 752 g/mol. The first-order valence-corrected chi connectivity index (χ1v) is 17.4. The molecule has 2 aromatic rings. The van der Waals surface area contributed by atoms with Gasteiger partial charge in [-0.3, -0.25) is 0 Å². The van der Waals surface area contributed by atoms with Crippen LogP contribution >= 0.6 is 31.9 Å². The largest absolute Gasteiger partial charge is 0.492 e. The Morgan fingerprint density at radius 1 is 0.733 bits per heavy atom. The lowest BCUT2D eigenvalue weighted by molar-refractivity contribution is 0.308. The Morgan fingerprint density at radius 3 is 1.62 bits per heavy atom. The average molecular weight is 755 g/mol. The molecule has 0 saturated carbocycles. The fraction of sp³-hybridized carbons (Fsp3) is 0.515. The molecule has 0 bridgehead atoms. The predicted octanol–water partition coefficient (Wildman–Crippen LogP) is 5.00. The Bertz CT molecular complexity index is 1180. The van der Waals surface area contributed by atoms with Gasteiger partial charge in [-0.05, 0) is 139 Å². The minimum Gasteiger partial charge on any atom is -0.492 e. The Morgan fingerprint density at radius 2 is 1.20 bits per heavy atom. The second-order valence-electron chi connectivity index (χ2n) is 11.1. The van der Waals surface area contributed by atoms with E-state index in [1.807, 2.05) is 31.6 Å². The maximum Gasteiger partial charge on any atom is 0.133 e. The number of hydrogen-bond donors (Lipinski definition) is 6. The standard InChI is InChI=1S/C33H54Br2N8O2/c1-41-17-7-21-45-33-13-11-27(23-31(33)35)15-19-43(40)25-29(38)9-5-3-2-4-8-28(37)24-42(39)18-14-26-10-12-32(30(34)22-26)44-20-6-16-36/h10-13,22-25,41H,2-9,14-21,36-40H2,1H3/b28-24-,29-25-. The van der Waals surface area contributed by atoms with E-state index in [9.17, 15) is 0 Å². The molecule has 0 radical (unpaired) electrons. The molecule has 0 amide bonds. The average Bonchev–Trinajstić information content (AvgIpc) is 3.00. The molecule has 0 aliphatic heterocycles. The van der Waals surface area contributed by atoms with Crippen LogP contribution in [0.2, 0.25) is 0 Å². The minimum absolute atomic E-state index is 0.609. The third kappa shape index (κ3) is 17.1. The molecule has 0 aliphatic rings. The second-order valence-corrected chi connectivity index (χ2v) is 12.8. The van der Waals surface area contributed by atoms with Gasteiger partial charge < -0.3 is 42.0 Å². The zero-order valence-electron chi connectivity index (χ0n) is 26.8. The van der Waals surface area contributed by atoms with Gasteiger partial charge in [-0.25, -0.2) is 11.7 Å². The maximum absolute atomic E-state index is 6.23. The summed E-state index contributed by atoms with van der Waals surface area (Å²) >= 11 is 7.19. The molecule has 252 valence electrons. The van der Waals surface area contributed by atoms with Crippen LogP contribution in [0.3, 0.4) is 0 Å². The van der Waals surface area contributed by atoms with E-state index < -0.39 is 0 Å². The van der Waals surface area contributed by atoms with E-state index in [-0.39, 0.29) is 0 Å². The maximum atomic E-state index is 6.23. The lowest BCUT2D eigenvalue weighted by Crippen LogP contribution is -2.28. The summed E-state index contributed by atoms with van der Waals surface area (Å²) in [5.74, 6) is 14.0. The number of rotatable bonds is 24. The molecule has 0 spiro atoms. The number of nitrogens with one attached hydrogen (secondary N) is 1. The number of halogens is 2. The van der Waals surface area contributed by atoms with Crippen molar-refractivity contribution in [2.75, 3.05) is 46.4 Å². The number of nitrogens with two attached hydrogens (primary N) is 5. The molecule has 0 fully saturated rings. The molecular formula is C33H54Br2N8O2. The van der Waals surface area contributed by atoms with Crippen molar-refractivity contribution >= 4 is 31.9 Å². The van der Waals surface area contributed by atoms with Gasteiger partial charge in [0.25, 0.3) is 0 Å². The van der Waals surface area contributed by atoms with E-state index in [4.69, 9.17) is 38.4 Å². The van der Waals surface area contributed by atoms with Gasteiger partial charge in [0.1, 0.15) is 11.5 Å². The molecule has 0 heterocycles. The highest BCUT2D eigenvalue weighted by Crippen LogP contribution is 2.27. The number of benzene rings is 2. The predicted molar refractivity (Wildman–Crippen MR) is 193 cm³/mol. The molecule has 0 atom stereocenters. The summed E-state index contributed by atoms with van der Waals surface area (Å²) in [5, 5.41) is 6.45. The molecule has 0 unspecified atom stereocenters. The first-order chi connectivity index (χ1) is 21.7. The van der Waals surface area contributed by atoms with Crippen molar-refractivity contribution in [1.29, 1.82) is 0 Å². The van der Waals surface area contributed by atoms with Crippen LogP contribution in [0.4, 0.5) is 0 Å². The Balaban J connectivity index is 1.59. The molecule has 12 heteroatoms. The quantitative estimate of drug-likeness (QED) is 0.0488. The van der Waals surface area contributed by atoms with Crippen molar-refractivity contribution in [2.45, 2.75) is 64.2 Å². The van der Waals surface area contributed by atoms with Crippen molar-refractivity contribution in [3.05, 3.63) is 80.3 Å². The van der Waals surface area contributed by atoms with Crippen LogP contribution in [-0.2, 0) is 12.8 Å². The van der Waals surface area contributed by atoms with Gasteiger partial charge in [-0.1, -0.05) is 25.0 Å². The lowest BCUT2D eigenvalue weighted by atomic mass is 10.1. The van der Waals surface area contributed by atoms with Gasteiger partial charge >= 0.3 is 0 Å². The van der Waals surface area contributed by atoms with E-state index in [0.29, 0.717) is 32.8 Å². The number of allylic oxidation sites excluding steroid dienone is 2. The highest BCUT2D eigenvalue weighted by Gasteiger charge is 2.06. The van der Waals surface area contributed by atoms with Crippen LogP contribution in [0.1, 0.15) is 62.5 Å². The Kier molecular flexibility index (Phi) is 19.7. The smallest absolute Gasteiger partial charge is 0.133 e. The van der Waals surface area contributed by atoms with E-state index in [0.717, 1.165) is 103 Å². The molecule has 0 aliphatic carbocycles. The first kappa shape index (κ1) is 38.7. The molecule has 0 aromatic heterocycles. The summed E-state index contributed by atoms with van der Waals surface area (Å²) in [6, 6.07) is 12.3. The summed E-state index contributed by atoms with van der Waals surface area (Å²) in [7, 11) is 1.94. The third-order valence-corrected chi connectivity index (χ3v) is 8.33. The molecule has 45 heavy (non-hydrogen) atoms. The van der Waals surface area contributed by atoms with Crippen molar-refractivity contribution in [2.24, 2.45) is 28.9 Å². The van der Waals surface area contributed by atoms with E-state index in [1.54, 1.807) is 10.0 Å². The minimum atomic E-state index is 0.609. The number of unbranched alkanes of at least 4 members (excludes halogenated alkanes) is 3.